The predicted molar refractivity (Wildman–Crippen MR) is 120 cm³/mol. The van der Waals surface area contributed by atoms with E-state index in [1.165, 1.54) is 11.3 Å². The van der Waals surface area contributed by atoms with Crippen molar-refractivity contribution in [3.63, 3.8) is 0 Å². The predicted octanol–water partition coefficient (Wildman–Crippen LogP) is 5.05. The zero-order valence-corrected chi connectivity index (χ0v) is 18.9. The largest absolute Gasteiger partial charge is 0.491 e. The molecule has 1 aromatic heterocycles. The van der Waals surface area contributed by atoms with E-state index in [0.717, 1.165) is 27.0 Å². The Labute approximate surface area is 178 Å². The molecular weight excluding hydrogens is 438 g/mol. The molecule has 0 radical (unpaired) electrons. The van der Waals surface area contributed by atoms with Crippen molar-refractivity contribution in [1.82, 2.24) is 9.88 Å². The van der Waals surface area contributed by atoms with E-state index in [1.54, 1.807) is 4.90 Å². The van der Waals surface area contributed by atoms with Crippen LogP contribution < -0.4 is 9.64 Å². The zero-order chi connectivity index (χ0) is 20.3. The number of carbonyl (C=O) groups is 1. The summed E-state index contributed by atoms with van der Waals surface area (Å²) in [5.74, 6) is 0.701. The van der Waals surface area contributed by atoms with Crippen molar-refractivity contribution in [2.24, 2.45) is 0 Å². The summed E-state index contributed by atoms with van der Waals surface area (Å²) in [5.41, 5.74) is 1.52. The molecule has 3 rings (SSSR count). The standard InChI is InChI=1S/C21H24BrN3O2S/c1-14(2)27-17-8-5-15(6-9-17)20(26)25(12-11-24(3)4)21-23-18-10-7-16(22)13-19(18)28-21/h5-10,13-14H,11-12H2,1-4H3. The fourth-order valence-electron chi connectivity index (χ4n) is 2.69. The molecule has 0 fully saturated rings. The third-order valence-electron chi connectivity index (χ3n) is 4.06. The molecule has 1 amide bonds. The van der Waals surface area contributed by atoms with Gasteiger partial charge in [-0.1, -0.05) is 27.3 Å². The lowest BCUT2D eigenvalue weighted by molar-refractivity contribution is 0.0985. The number of hydrogen-bond donors (Lipinski definition) is 0. The Morgan fingerprint density at radius 3 is 2.50 bits per heavy atom. The first-order chi connectivity index (χ1) is 13.3. The number of likely N-dealkylation sites (N-methyl/N-ethyl adjacent to an activating group) is 1. The van der Waals surface area contributed by atoms with E-state index in [2.05, 4.69) is 20.8 Å². The van der Waals surface area contributed by atoms with Crippen molar-refractivity contribution >= 4 is 48.5 Å². The lowest BCUT2D eigenvalue weighted by atomic mass is 10.2. The minimum absolute atomic E-state index is 0.0592. The van der Waals surface area contributed by atoms with Gasteiger partial charge in [0.05, 0.1) is 16.3 Å². The molecule has 0 saturated heterocycles. The minimum atomic E-state index is -0.0592. The van der Waals surface area contributed by atoms with Crippen LogP contribution in [0.5, 0.6) is 5.75 Å². The number of rotatable bonds is 7. The number of thiazole rings is 1. The topological polar surface area (TPSA) is 45.7 Å². The number of carbonyl (C=O) groups excluding carboxylic acids is 1. The molecule has 0 aliphatic heterocycles. The maximum atomic E-state index is 13.3. The van der Waals surface area contributed by atoms with Gasteiger partial charge in [0, 0.05) is 23.1 Å². The smallest absolute Gasteiger partial charge is 0.260 e. The van der Waals surface area contributed by atoms with Gasteiger partial charge >= 0.3 is 0 Å². The van der Waals surface area contributed by atoms with E-state index >= 15 is 0 Å². The van der Waals surface area contributed by atoms with E-state index in [-0.39, 0.29) is 12.0 Å². The molecule has 0 saturated carbocycles. The molecule has 5 nitrogen and oxygen atoms in total. The average molecular weight is 462 g/mol. The van der Waals surface area contributed by atoms with Gasteiger partial charge in [0.1, 0.15) is 5.75 Å². The van der Waals surface area contributed by atoms with Crippen molar-refractivity contribution < 1.29 is 9.53 Å². The number of ether oxygens (including phenoxy) is 1. The second-order valence-corrected chi connectivity index (χ2v) is 8.98. The van der Waals surface area contributed by atoms with Crippen molar-refractivity contribution in [1.29, 1.82) is 0 Å². The monoisotopic (exact) mass is 461 g/mol. The number of hydrogen-bond acceptors (Lipinski definition) is 5. The van der Waals surface area contributed by atoms with E-state index in [0.29, 0.717) is 17.2 Å². The van der Waals surface area contributed by atoms with Gasteiger partial charge in [0.2, 0.25) is 0 Å². The molecule has 0 spiro atoms. The molecule has 3 aromatic rings. The Morgan fingerprint density at radius 1 is 1.14 bits per heavy atom. The van der Waals surface area contributed by atoms with Gasteiger partial charge in [-0.15, -0.1) is 0 Å². The fourth-order valence-corrected chi connectivity index (χ4v) is 4.23. The quantitative estimate of drug-likeness (QED) is 0.493. The summed E-state index contributed by atoms with van der Waals surface area (Å²) in [6.07, 6.45) is 0.0974. The molecular formula is C21H24BrN3O2S. The lowest BCUT2D eigenvalue weighted by Gasteiger charge is -2.22. The number of amides is 1. The van der Waals surface area contributed by atoms with E-state index in [1.807, 2.05) is 70.4 Å². The highest BCUT2D eigenvalue weighted by atomic mass is 79.9. The number of nitrogens with zero attached hydrogens (tertiary/aromatic N) is 3. The van der Waals surface area contributed by atoms with E-state index < -0.39 is 0 Å². The number of halogens is 1. The molecule has 1 heterocycles. The average Bonchev–Trinajstić information content (AvgIpc) is 3.04. The van der Waals surface area contributed by atoms with Crippen molar-refractivity contribution in [2.45, 2.75) is 20.0 Å². The first-order valence-corrected chi connectivity index (χ1v) is 10.7. The van der Waals surface area contributed by atoms with Crippen molar-refractivity contribution in [3.05, 3.63) is 52.5 Å². The van der Waals surface area contributed by atoms with Gasteiger partial charge in [-0.3, -0.25) is 9.69 Å². The number of benzene rings is 2. The molecule has 2 aromatic carbocycles. The highest BCUT2D eigenvalue weighted by Gasteiger charge is 2.21. The number of anilines is 1. The van der Waals surface area contributed by atoms with Crippen molar-refractivity contribution in [2.75, 3.05) is 32.1 Å². The normalized spacial score (nSPS) is 11.4. The van der Waals surface area contributed by atoms with Gasteiger partial charge in [-0.25, -0.2) is 4.98 Å². The highest BCUT2D eigenvalue weighted by molar-refractivity contribution is 9.10. The summed E-state index contributed by atoms with van der Waals surface area (Å²) in [4.78, 5) is 21.8. The number of fused-ring (bicyclic) bond motifs is 1. The van der Waals surface area contributed by atoms with Gasteiger partial charge < -0.3 is 9.64 Å². The summed E-state index contributed by atoms with van der Waals surface area (Å²) in [6, 6.07) is 13.3. The van der Waals surface area contributed by atoms with Crippen LogP contribution in [0.15, 0.2) is 46.9 Å². The molecule has 0 aliphatic rings. The molecule has 28 heavy (non-hydrogen) atoms. The summed E-state index contributed by atoms with van der Waals surface area (Å²) < 4.78 is 7.73. The first-order valence-electron chi connectivity index (χ1n) is 9.13. The minimum Gasteiger partial charge on any atom is -0.491 e. The second-order valence-electron chi connectivity index (χ2n) is 7.06. The molecule has 0 aliphatic carbocycles. The van der Waals surface area contributed by atoms with Gasteiger partial charge in [0.15, 0.2) is 5.13 Å². The van der Waals surface area contributed by atoms with Crippen LogP contribution in [-0.4, -0.2) is 49.1 Å². The van der Waals surface area contributed by atoms with E-state index in [4.69, 9.17) is 9.72 Å². The van der Waals surface area contributed by atoms with Crippen LogP contribution in [0.2, 0.25) is 0 Å². The highest BCUT2D eigenvalue weighted by Crippen LogP contribution is 2.31. The fraction of sp³-hybridized carbons (Fsp3) is 0.333. The van der Waals surface area contributed by atoms with Gasteiger partial charge in [-0.2, -0.15) is 0 Å². The molecule has 7 heteroatoms. The van der Waals surface area contributed by atoms with Crippen molar-refractivity contribution in [3.8, 4) is 5.75 Å². The van der Waals surface area contributed by atoms with Crippen LogP contribution in [0.3, 0.4) is 0 Å². The SMILES string of the molecule is CC(C)Oc1ccc(C(=O)N(CCN(C)C)c2nc3ccc(Br)cc3s2)cc1. The van der Waals surface area contributed by atoms with Crippen LogP contribution >= 0.6 is 27.3 Å². The Morgan fingerprint density at radius 2 is 1.86 bits per heavy atom. The first kappa shape index (κ1) is 20.8. The van der Waals surface area contributed by atoms with Crippen LogP contribution in [0, 0.1) is 0 Å². The van der Waals surface area contributed by atoms with Crippen LogP contribution in [0.4, 0.5) is 5.13 Å². The van der Waals surface area contributed by atoms with Crippen LogP contribution in [-0.2, 0) is 0 Å². The van der Waals surface area contributed by atoms with Crippen LogP contribution in [0.1, 0.15) is 24.2 Å². The Balaban J connectivity index is 1.90. The number of aromatic nitrogens is 1. The maximum Gasteiger partial charge on any atom is 0.260 e. The summed E-state index contributed by atoms with van der Waals surface area (Å²) in [5, 5.41) is 0.711. The van der Waals surface area contributed by atoms with Gasteiger partial charge in [-0.05, 0) is 70.4 Å². The summed E-state index contributed by atoms with van der Waals surface area (Å²) in [6.45, 7) is 5.28. The molecule has 0 atom stereocenters. The summed E-state index contributed by atoms with van der Waals surface area (Å²) >= 11 is 5.02. The Bertz CT molecular complexity index is 954. The Kier molecular flexibility index (Phi) is 6.69. The molecule has 0 N–H and O–H groups in total. The molecule has 0 bridgehead atoms. The summed E-state index contributed by atoms with van der Waals surface area (Å²) in [7, 11) is 3.99. The zero-order valence-electron chi connectivity index (χ0n) is 16.5. The van der Waals surface area contributed by atoms with Crippen LogP contribution in [0.25, 0.3) is 10.2 Å². The van der Waals surface area contributed by atoms with E-state index in [9.17, 15) is 4.79 Å². The molecule has 148 valence electrons. The third kappa shape index (κ3) is 5.10. The maximum absolute atomic E-state index is 13.3. The third-order valence-corrected chi connectivity index (χ3v) is 5.59. The second kappa shape index (κ2) is 9.03. The lowest BCUT2D eigenvalue weighted by Crippen LogP contribution is -2.36. The Hall–Kier alpha value is -1.96. The van der Waals surface area contributed by atoms with Gasteiger partial charge in [0.25, 0.3) is 5.91 Å². The molecule has 0 unspecified atom stereocenters.